The van der Waals surface area contributed by atoms with Crippen LogP contribution in [-0.4, -0.2) is 30.7 Å². The second kappa shape index (κ2) is 9.71. The van der Waals surface area contributed by atoms with Crippen molar-refractivity contribution in [3.8, 4) is 0 Å². The van der Waals surface area contributed by atoms with Gasteiger partial charge in [-0.2, -0.15) is 0 Å². The third-order valence-corrected chi connectivity index (χ3v) is 3.80. The van der Waals surface area contributed by atoms with Crippen LogP contribution in [0.3, 0.4) is 0 Å². The first-order valence-electron chi connectivity index (χ1n) is 7.19. The maximum absolute atomic E-state index is 13.4. The topological polar surface area (TPSA) is 101 Å². The van der Waals surface area contributed by atoms with Crippen molar-refractivity contribution in [2.45, 2.75) is 20.3 Å². The molecule has 128 valence electrons. The lowest BCUT2D eigenvalue weighted by Crippen LogP contribution is -2.18. The second-order valence-corrected chi connectivity index (χ2v) is 5.56. The van der Waals surface area contributed by atoms with Crippen LogP contribution >= 0.6 is 15.9 Å². The molecule has 0 saturated heterocycles. The zero-order chi connectivity index (χ0) is 18.1. The summed E-state index contributed by atoms with van der Waals surface area (Å²) in [6, 6.07) is 3.83. The number of benzene rings is 1. The Kier molecular flexibility index (Phi) is 7.97. The molecule has 0 atom stereocenters. The van der Waals surface area contributed by atoms with Crippen LogP contribution in [0.15, 0.2) is 33.4 Å². The maximum Gasteiger partial charge on any atom is 0.161 e. The summed E-state index contributed by atoms with van der Waals surface area (Å²) >= 11 is 3.35. The molecular weight excluding hydrogens is 377 g/mol. The summed E-state index contributed by atoms with van der Waals surface area (Å²) in [7, 11) is 0. The molecule has 0 aromatic heterocycles. The van der Waals surface area contributed by atoms with E-state index in [0.29, 0.717) is 28.2 Å². The molecule has 1 aromatic rings. The van der Waals surface area contributed by atoms with E-state index < -0.39 is 5.82 Å². The summed E-state index contributed by atoms with van der Waals surface area (Å²) in [5.41, 5.74) is 1.20. The third kappa shape index (κ3) is 5.69. The van der Waals surface area contributed by atoms with E-state index in [4.69, 9.17) is 10.8 Å². The lowest BCUT2D eigenvalue weighted by Gasteiger charge is -2.14. The van der Waals surface area contributed by atoms with E-state index in [0.717, 1.165) is 12.4 Å². The highest BCUT2D eigenvalue weighted by molar-refractivity contribution is 9.11. The summed E-state index contributed by atoms with van der Waals surface area (Å²) in [4.78, 5) is 15.6. The number of rotatable bonds is 8. The molecule has 0 radical (unpaired) electrons. The van der Waals surface area contributed by atoms with Crippen LogP contribution in [-0.2, 0) is 0 Å². The predicted octanol–water partition coefficient (Wildman–Crippen LogP) is 3.70. The molecule has 0 amide bonds. The monoisotopic (exact) mass is 395 g/mol. The molecule has 0 fully saturated rings. The average molecular weight is 396 g/mol. The van der Waals surface area contributed by atoms with Crippen LogP contribution in [0.5, 0.6) is 0 Å². The summed E-state index contributed by atoms with van der Waals surface area (Å²) in [6.07, 6.45) is 2.26. The van der Waals surface area contributed by atoms with E-state index in [1.165, 1.54) is 25.3 Å². The van der Waals surface area contributed by atoms with Gasteiger partial charge in [-0.05, 0) is 48.0 Å². The van der Waals surface area contributed by atoms with Crippen molar-refractivity contribution >= 4 is 45.8 Å². The minimum atomic E-state index is -0.508. The van der Waals surface area contributed by atoms with Gasteiger partial charge in [0, 0.05) is 30.3 Å². The van der Waals surface area contributed by atoms with Crippen LogP contribution < -0.4 is 10.6 Å². The van der Waals surface area contributed by atoms with Crippen molar-refractivity contribution in [1.82, 2.24) is 5.32 Å². The van der Waals surface area contributed by atoms with Gasteiger partial charge < -0.3 is 16.0 Å². The Morgan fingerprint density at radius 2 is 2.12 bits per heavy atom. The van der Waals surface area contributed by atoms with Gasteiger partial charge in [-0.25, -0.2) is 9.38 Å². The molecule has 1 aromatic carbocycles. The van der Waals surface area contributed by atoms with Gasteiger partial charge in [-0.15, -0.1) is 0 Å². The SMILES string of the molecule is CCN/C(Br)=C(\C=N)C/C(=N/C=N)Nc1ccc(F)cc1C(C)=O. The zero-order valence-corrected chi connectivity index (χ0v) is 15.0. The van der Waals surface area contributed by atoms with Gasteiger partial charge in [0.25, 0.3) is 0 Å². The number of amidine groups is 1. The van der Waals surface area contributed by atoms with Crippen molar-refractivity contribution in [2.75, 3.05) is 11.9 Å². The molecule has 8 heteroatoms. The van der Waals surface area contributed by atoms with Gasteiger partial charge in [0.05, 0.1) is 10.3 Å². The molecule has 0 aliphatic heterocycles. The minimum absolute atomic E-state index is 0.193. The molecule has 1 rings (SSSR count). The van der Waals surface area contributed by atoms with E-state index in [1.54, 1.807) is 0 Å². The largest absolute Gasteiger partial charge is 0.379 e. The number of halogens is 2. The first kappa shape index (κ1) is 19.7. The molecule has 0 heterocycles. The highest BCUT2D eigenvalue weighted by Gasteiger charge is 2.12. The fourth-order valence-corrected chi connectivity index (χ4v) is 2.45. The number of hydrogen-bond acceptors (Lipinski definition) is 4. The first-order chi connectivity index (χ1) is 11.4. The van der Waals surface area contributed by atoms with Crippen LogP contribution in [0.1, 0.15) is 30.6 Å². The Morgan fingerprint density at radius 1 is 1.42 bits per heavy atom. The number of nitrogens with zero attached hydrogens (tertiary/aromatic N) is 1. The van der Waals surface area contributed by atoms with Crippen molar-refractivity contribution in [3.63, 3.8) is 0 Å². The Bertz CT molecular complexity index is 700. The first-order valence-corrected chi connectivity index (χ1v) is 7.98. The van der Waals surface area contributed by atoms with Gasteiger partial charge in [0.2, 0.25) is 0 Å². The van der Waals surface area contributed by atoms with Crippen LogP contribution in [0.4, 0.5) is 10.1 Å². The van der Waals surface area contributed by atoms with Gasteiger partial charge in [-0.1, -0.05) is 0 Å². The van der Waals surface area contributed by atoms with E-state index in [1.807, 2.05) is 6.92 Å². The summed E-state index contributed by atoms with van der Waals surface area (Å²) in [6.45, 7) is 3.94. The number of nitrogens with one attached hydrogen (secondary N) is 4. The van der Waals surface area contributed by atoms with Crippen molar-refractivity contribution < 1.29 is 9.18 Å². The molecule has 6 nitrogen and oxygen atoms in total. The number of hydrogen-bond donors (Lipinski definition) is 4. The van der Waals surface area contributed by atoms with E-state index in [9.17, 15) is 9.18 Å². The fraction of sp³-hybridized carbons (Fsp3) is 0.250. The molecule has 0 aliphatic rings. The molecule has 0 unspecified atom stereocenters. The van der Waals surface area contributed by atoms with Crippen molar-refractivity contribution in [1.29, 1.82) is 10.8 Å². The van der Waals surface area contributed by atoms with Crippen LogP contribution in [0, 0.1) is 16.6 Å². The summed E-state index contributed by atoms with van der Waals surface area (Å²) in [5.74, 6) is -0.443. The normalized spacial score (nSPS) is 12.2. The summed E-state index contributed by atoms with van der Waals surface area (Å²) in [5, 5.41) is 20.7. The summed E-state index contributed by atoms with van der Waals surface area (Å²) < 4.78 is 14.0. The van der Waals surface area contributed by atoms with Crippen molar-refractivity contribution in [2.24, 2.45) is 4.99 Å². The number of carbonyl (C=O) groups is 1. The molecule has 0 spiro atoms. The Labute approximate surface area is 148 Å². The number of aliphatic imine (C=N–C) groups is 1. The lowest BCUT2D eigenvalue weighted by molar-refractivity contribution is 0.101. The second-order valence-electron chi connectivity index (χ2n) is 4.77. The Hall–Kier alpha value is -2.35. The highest BCUT2D eigenvalue weighted by Crippen LogP contribution is 2.19. The average Bonchev–Trinajstić information content (AvgIpc) is 2.54. The quantitative estimate of drug-likeness (QED) is 0.233. The highest BCUT2D eigenvalue weighted by atomic mass is 79.9. The molecule has 24 heavy (non-hydrogen) atoms. The maximum atomic E-state index is 13.4. The Balaban J connectivity index is 3.14. The van der Waals surface area contributed by atoms with Gasteiger partial charge in [0.1, 0.15) is 18.0 Å². The number of ketones is 1. The molecule has 0 bridgehead atoms. The molecule has 4 N–H and O–H groups in total. The molecule has 0 aliphatic carbocycles. The van der Waals surface area contributed by atoms with E-state index in [2.05, 4.69) is 31.6 Å². The smallest absolute Gasteiger partial charge is 0.161 e. The number of Topliss-reactive ketones (excluding diaryl/α,β-unsaturated/α-hetero) is 1. The lowest BCUT2D eigenvalue weighted by atomic mass is 10.1. The zero-order valence-electron chi connectivity index (χ0n) is 13.4. The fourth-order valence-electron chi connectivity index (χ4n) is 1.91. The minimum Gasteiger partial charge on any atom is -0.379 e. The van der Waals surface area contributed by atoms with E-state index >= 15 is 0 Å². The van der Waals surface area contributed by atoms with Crippen LogP contribution in [0.25, 0.3) is 0 Å². The third-order valence-electron chi connectivity index (χ3n) is 3.01. The standard InChI is InChI=1S/C16H19BrFN5O/c1-3-21-16(17)11(8-19)6-15(22-9-20)23-14-5-4-12(18)7-13(14)10(2)24/h4-5,7-9,19,21H,3,6H2,1-2H3,(H2,20,22,23)/b16-11-,19-8?. The van der Waals surface area contributed by atoms with Crippen LogP contribution in [0.2, 0.25) is 0 Å². The van der Waals surface area contributed by atoms with E-state index in [-0.39, 0.29) is 17.8 Å². The van der Waals surface area contributed by atoms with Gasteiger partial charge in [0.15, 0.2) is 5.78 Å². The Morgan fingerprint density at radius 3 is 2.67 bits per heavy atom. The van der Waals surface area contributed by atoms with Crippen molar-refractivity contribution in [3.05, 3.63) is 39.8 Å². The molecular formula is C16H19BrFN5O. The van der Waals surface area contributed by atoms with Gasteiger partial charge in [-0.3, -0.25) is 10.2 Å². The predicted molar refractivity (Wildman–Crippen MR) is 99.3 cm³/mol. The van der Waals surface area contributed by atoms with Gasteiger partial charge >= 0.3 is 0 Å². The number of anilines is 1. The number of carbonyl (C=O) groups excluding carboxylic acids is 1. The molecule has 0 saturated carbocycles.